The van der Waals surface area contributed by atoms with E-state index in [0.717, 1.165) is 5.01 Å². The van der Waals surface area contributed by atoms with E-state index in [4.69, 9.17) is 9.47 Å². The summed E-state index contributed by atoms with van der Waals surface area (Å²) in [6.45, 7) is 7.04. The molecule has 0 fully saturated rings. The highest BCUT2D eigenvalue weighted by molar-refractivity contribution is 5.90. The van der Waals surface area contributed by atoms with Crippen molar-refractivity contribution in [1.29, 1.82) is 0 Å². The van der Waals surface area contributed by atoms with Gasteiger partial charge in [0.25, 0.3) is 0 Å². The van der Waals surface area contributed by atoms with Crippen LogP contribution in [-0.4, -0.2) is 30.5 Å². The molecule has 21 heavy (non-hydrogen) atoms. The highest BCUT2D eigenvalue weighted by Crippen LogP contribution is 2.27. The first-order chi connectivity index (χ1) is 9.90. The first-order valence-electron chi connectivity index (χ1n) is 6.61. The summed E-state index contributed by atoms with van der Waals surface area (Å²) in [5, 5.41) is 10.7. The monoisotopic (exact) mass is 296 g/mol. The fourth-order valence-corrected chi connectivity index (χ4v) is 1.72. The molecular weight excluding hydrogens is 276 g/mol. The van der Waals surface area contributed by atoms with Crippen LogP contribution in [0.3, 0.4) is 0 Å². The van der Waals surface area contributed by atoms with Crippen LogP contribution in [0.1, 0.15) is 25.0 Å². The summed E-state index contributed by atoms with van der Waals surface area (Å²) in [7, 11) is 0. The van der Waals surface area contributed by atoms with Gasteiger partial charge in [0.1, 0.15) is 5.75 Å². The number of amides is 2. The molecule has 7 heteroatoms. The van der Waals surface area contributed by atoms with Gasteiger partial charge in [-0.05, 0) is 51.0 Å². The highest BCUT2D eigenvalue weighted by Gasteiger charge is 2.21. The Labute approximate surface area is 123 Å². The average molecular weight is 296 g/mol. The van der Waals surface area contributed by atoms with E-state index in [0.29, 0.717) is 16.8 Å². The number of hydrogen-bond donors (Lipinski definition) is 2. The van der Waals surface area contributed by atoms with Gasteiger partial charge in [-0.15, -0.1) is 0 Å². The standard InChI is InChI=1S/C14H20N2O5/c1-5-20-13(18)15-16(14(19)21-6-2)11-7-9(3)12(17)10(4)8-11/h7-8,17H,5-6H2,1-4H3,(H,15,18). The van der Waals surface area contributed by atoms with E-state index in [1.165, 1.54) is 0 Å². The molecule has 0 spiro atoms. The maximum absolute atomic E-state index is 12.0. The van der Waals surface area contributed by atoms with E-state index >= 15 is 0 Å². The fourth-order valence-electron chi connectivity index (χ4n) is 1.72. The molecule has 1 aromatic rings. The second-order valence-corrected chi connectivity index (χ2v) is 4.29. The molecule has 0 aromatic heterocycles. The van der Waals surface area contributed by atoms with Crippen molar-refractivity contribution < 1.29 is 24.2 Å². The quantitative estimate of drug-likeness (QED) is 0.837. The molecule has 0 aliphatic carbocycles. The third kappa shape index (κ3) is 4.27. The normalized spacial score (nSPS) is 9.90. The van der Waals surface area contributed by atoms with Crippen LogP contribution in [0.4, 0.5) is 15.3 Å². The zero-order valence-corrected chi connectivity index (χ0v) is 12.6. The van der Waals surface area contributed by atoms with Crippen LogP contribution in [0.2, 0.25) is 0 Å². The van der Waals surface area contributed by atoms with Gasteiger partial charge >= 0.3 is 12.2 Å². The van der Waals surface area contributed by atoms with Crippen LogP contribution < -0.4 is 10.4 Å². The molecule has 7 nitrogen and oxygen atoms in total. The first-order valence-corrected chi connectivity index (χ1v) is 6.61. The van der Waals surface area contributed by atoms with E-state index in [2.05, 4.69) is 5.43 Å². The third-order valence-corrected chi connectivity index (χ3v) is 2.66. The zero-order valence-electron chi connectivity index (χ0n) is 12.6. The van der Waals surface area contributed by atoms with Gasteiger partial charge in [0.15, 0.2) is 0 Å². The van der Waals surface area contributed by atoms with Gasteiger partial charge in [-0.3, -0.25) is 0 Å². The molecule has 2 N–H and O–H groups in total. The Morgan fingerprint density at radius 1 is 1.14 bits per heavy atom. The van der Waals surface area contributed by atoms with Gasteiger partial charge in [0, 0.05) is 0 Å². The second kappa shape index (κ2) is 7.37. The fraction of sp³-hybridized carbons (Fsp3) is 0.429. The minimum absolute atomic E-state index is 0.138. The highest BCUT2D eigenvalue weighted by atomic mass is 16.6. The Morgan fingerprint density at radius 3 is 2.14 bits per heavy atom. The molecule has 0 bridgehead atoms. The lowest BCUT2D eigenvalue weighted by atomic mass is 10.1. The van der Waals surface area contributed by atoms with Crippen LogP contribution in [0, 0.1) is 13.8 Å². The summed E-state index contributed by atoms with van der Waals surface area (Å²) in [6.07, 6.45) is -1.51. The lowest BCUT2D eigenvalue weighted by Crippen LogP contribution is -2.47. The molecule has 116 valence electrons. The van der Waals surface area contributed by atoms with Crippen molar-refractivity contribution in [1.82, 2.24) is 5.43 Å². The van der Waals surface area contributed by atoms with Crippen LogP contribution in [0.25, 0.3) is 0 Å². The average Bonchev–Trinajstić information content (AvgIpc) is 2.42. The summed E-state index contributed by atoms with van der Waals surface area (Å²) in [5.74, 6) is 0.138. The van der Waals surface area contributed by atoms with E-state index in [1.807, 2.05) is 0 Å². The summed E-state index contributed by atoms with van der Waals surface area (Å²) in [5.41, 5.74) is 3.83. The van der Waals surface area contributed by atoms with Crippen LogP contribution in [-0.2, 0) is 9.47 Å². The predicted molar refractivity (Wildman–Crippen MR) is 77.2 cm³/mol. The molecule has 0 saturated heterocycles. The number of rotatable bonds is 3. The number of carbonyl (C=O) groups excluding carboxylic acids is 2. The zero-order chi connectivity index (χ0) is 16.0. The Hall–Kier alpha value is -2.44. The Kier molecular flexibility index (Phi) is 5.83. The summed E-state index contributed by atoms with van der Waals surface area (Å²) >= 11 is 0. The molecule has 0 radical (unpaired) electrons. The number of ether oxygens (including phenoxy) is 2. The number of anilines is 1. The van der Waals surface area contributed by atoms with Gasteiger partial charge in [0.2, 0.25) is 0 Å². The van der Waals surface area contributed by atoms with E-state index in [-0.39, 0.29) is 19.0 Å². The van der Waals surface area contributed by atoms with Gasteiger partial charge in [-0.1, -0.05) is 0 Å². The van der Waals surface area contributed by atoms with Crippen molar-refractivity contribution in [3.63, 3.8) is 0 Å². The summed E-state index contributed by atoms with van der Waals surface area (Å²) in [6, 6.07) is 3.12. The first kappa shape index (κ1) is 16.6. The minimum Gasteiger partial charge on any atom is -0.507 e. The molecule has 1 rings (SSSR count). The Bertz CT molecular complexity index is 507. The molecule has 2 amide bonds. The molecular formula is C14H20N2O5. The number of benzene rings is 1. The van der Waals surface area contributed by atoms with Crippen molar-refractivity contribution in [3.05, 3.63) is 23.3 Å². The predicted octanol–water partition coefficient (Wildman–Crippen LogP) is 2.63. The van der Waals surface area contributed by atoms with Crippen molar-refractivity contribution in [2.24, 2.45) is 0 Å². The SMILES string of the molecule is CCOC(=O)NN(C(=O)OCC)c1cc(C)c(O)c(C)c1. The van der Waals surface area contributed by atoms with Crippen molar-refractivity contribution >= 4 is 17.9 Å². The number of carbonyl (C=O) groups is 2. The number of aryl methyl sites for hydroxylation is 2. The molecule has 1 aromatic carbocycles. The van der Waals surface area contributed by atoms with Crippen molar-refractivity contribution in [2.45, 2.75) is 27.7 Å². The summed E-state index contributed by atoms with van der Waals surface area (Å²) < 4.78 is 9.66. The number of hydrazine groups is 1. The number of phenolic OH excluding ortho intramolecular Hbond substituents is 1. The molecule has 0 saturated carbocycles. The van der Waals surface area contributed by atoms with Gasteiger partial charge in [-0.25, -0.2) is 15.0 Å². The minimum atomic E-state index is -0.770. The smallest absolute Gasteiger partial charge is 0.433 e. The topological polar surface area (TPSA) is 88.1 Å². The molecule has 0 heterocycles. The number of phenols is 1. The number of nitrogens with one attached hydrogen (secondary N) is 1. The van der Waals surface area contributed by atoms with Crippen molar-refractivity contribution in [2.75, 3.05) is 18.2 Å². The Morgan fingerprint density at radius 2 is 1.67 bits per heavy atom. The number of aromatic hydroxyl groups is 1. The number of hydrogen-bond acceptors (Lipinski definition) is 5. The lowest BCUT2D eigenvalue weighted by molar-refractivity contribution is 0.138. The largest absolute Gasteiger partial charge is 0.507 e. The maximum Gasteiger partial charge on any atom is 0.433 e. The van der Waals surface area contributed by atoms with E-state index in [1.54, 1.807) is 39.8 Å². The van der Waals surface area contributed by atoms with Gasteiger partial charge in [-0.2, -0.15) is 5.01 Å². The molecule has 0 atom stereocenters. The Balaban J connectivity index is 3.11. The van der Waals surface area contributed by atoms with Crippen molar-refractivity contribution in [3.8, 4) is 5.75 Å². The lowest BCUT2D eigenvalue weighted by Gasteiger charge is -2.23. The number of nitrogens with zero attached hydrogens (tertiary/aromatic N) is 1. The van der Waals surface area contributed by atoms with Gasteiger partial charge in [0.05, 0.1) is 18.9 Å². The molecule has 0 aliphatic heterocycles. The van der Waals surface area contributed by atoms with Crippen LogP contribution in [0.15, 0.2) is 12.1 Å². The maximum atomic E-state index is 12.0. The van der Waals surface area contributed by atoms with Crippen LogP contribution >= 0.6 is 0 Å². The second-order valence-electron chi connectivity index (χ2n) is 4.29. The third-order valence-electron chi connectivity index (χ3n) is 2.66. The van der Waals surface area contributed by atoms with Gasteiger partial charge < -0.3 is 14.6 Å². The van der Waals surface area contributed by atoms with Crippen LogP contribution in [0.5, 0.6) is 5.75 Å². The molecule has 0 unspecified atom stereocenters. The molecule has 0 aliphatic rings. The van der Waals surface area contributed by atoms with E-state index < -0.39 is 12.2 Å². The summed E-state index contributed by atoms with van der Waals surface area (Å²) in [4.78, 5) is 23.5. The van der Waals surface area contributed by atoms with E-state index in [9.17, 15) is 14.7 Å².